The largest absolute Gasteiger partial charge is 0.347 e. The molecule has 1 aromatic rings. The van der Waals surface area contributed by atoms with E-state index in [4.69, 9.17) is 0 Å². The fourth-order valence-corrected chi connectivity index (χ4v) is 2.71. The Morgan fingerprint density at radius 3 is 2.89 bits per heavy atom. The van der Waals surface area contributed by atoms with E-state index in [0.717, 1.165) is 25.3 Å². The molecule has 1 saturated heterocycles. The van der Waals surface area contributed by atoms with Gasteiger partial charge in [0.2, 0.25) is 0 Å². The SMILES string of the molecule is CC(C)CN(CC1CCCN1)C(=O)c1cccn1C. The van der Waals surface area contributed by atoms with Crippen molar-refractivity contribution in [2.45, 2.75) is 32.7 Å². The van der Waals surface area contributed by atoms with Crippen molar-refractivity contribution in [3.05, 3.63) is 24.0 Å². The molecule has 1 atom stereocenters. The van der Waals surface area contributed by atoms with Gasteiger partial charge in [-0.05, 0) is 37.4 Å². The molecule has 0 bridgehead atoms. The highest BCUT2D eigenvalue weighted by Gasteiger charge is 2.24. The third kappa shape index (κ3) is 3.60. The van der Waals surface area contributed by atoms with Gasteiger partial charge in [0.15, 0.2) is 0 Å². The Hall–Kier alpha value is -1.29. The van der Waals surface area contributed by atoms with Crippen molar-refractivity contribution in [3.63, 3.8) is 0 Å². The molecule has 106 valence electrons. The maximum atomic E-state index is 12.6. The minimum atomic E-state index is 0.148. The fraction of sp³-hybridized carbons (Fsp3) is 0.667. The van der Waals surface area contributed by atoms with Crippen LogP contribution >= 0.6 is 0 Å². The maximum Gasteiger partial charge on any atom is 0.270 e. The highest BCUT2D eigenvalue weighted by atomic mass is 16.2. The van der Waals surface area contributed by atoms with Crippen LogP contribution in [0.25, 0.3) is 0 Å². The first kappa shape index (κ1) is 14.1. The summed E-state index contributed by atoms with van der Waals surface area (Å²) in [5.41, 5.74) is 0.777. The Balaban J connectivity index is 2.07. The molecular formula is C15H25N3O. The van der Waals surface area contributed by atoms with Gasteiger partial charge in [0.1, 0.15) is 5.69 Å². The summed E-state index contributed by atoms with van der Waals surface area (Å²) in [5, 5.41) is 3.47. The van der Waals surface area contributed by atoms with E-state index in [-0.39, 0.29) is 5.91 Å². The number of amides is 1. The number of aryl methyl sites for hydroxylation is 1. The van der Waals surface area contributed by atoms with Crippen LogP contribution in [-0.2, 0) is 7.05 Å². The number of aromatic nitrogens is 1. The minimum absolute atomic E-state index is 0.148. The normalized spacial score (nSPS) is 19.1. The van der Waals surface area contributed by atoms with Crippen LogP contribution in [0.15, 0.2) is 18.3 Å². The Morgan fingerprint density at radius 1 is 1.58 bits per heavy atom. The molecule has 4 nitrogen and oxygen atoms in total. The van der Waals surface area contributed by atoms with Crippen molar-refractivity contribution in [1.29, 1.82) is 0 Å². The van der Waals surface area contributed by atoms with Crippen LogP contribution in [0.5, 0.6) is 0 Å². The summed E-state index contributed by atoms with van der Waals surface area (Å²) in [6, 6.07) is 4.29. The molecule has 0 spiro atoms. The average molecular weight is 263 g/mol. The van der Waals surface area contributed by atoms with Crippen molar-refractivity contribution in [1.82, 2.24) is 14.8 Å². The Kier molecular flexibility index (Phi) is 4.64. The first-order valence-electron chi connectivity index (χ1n) is 7.22. The number of hydrogen-bond donors (Lipinski definition) is 1. The molecule has 1 unspecified atom stereocenters. The second-order valence-electron chi connectivity index (χ2n) is 5.90. The number of carbonyl (C=O) groups excluding carboxylic acids is 1. The van der Waals surface area contributed by atoms with E-state index in [1.165, 1.54) is 12.8 Å². The first-order valence-corrected chi connectivity index (χ1v) is 7.22. The molecule has 1 fully saturated rings. The maximum absolute atomic E-state index is 12.6. The standard InChI is InChI=1S/C15H25N3O/c1-12(2)10-18(11-13-6-4-8-16-13)15(19)14-7-5-9-17(14)3/h5,7,9,12-13,16H,4,6,8,10-11H2,1-3H3. The van der Waals surface area contributed by atoms with Crippen LogP contribution in [-0.4, -0.2) is 41.1 Å². The lowest BCUT2D eigenvalue weighted by atomic mass is 10.1. The summed E-state index contributed by atoms with van der Waals surface area (Å²) in [7, 11) is 1.93. The molecule has 1 aliphatic heterocycles. The van der Waals surface area contributed by atoms with Gasteiger partial charge in [-0.25, -0.2) is 0 Å². The number of nitrogens with one attached hydrogen (secondary N) is 1. The molecule has 2 heterocycles. The second-order valence-corrected chi connectivity index (χ2v) is 5.90. The quantitative estimate of drug-likeness (QED) is 0.880. The zero-order valence-electron chi connectivity index (χ0n) is 12.2. The van der Waals surface area contributed by atoms with Crippen LogP contribution in [0, 0.1) is 5.92 Å². The molecular weight excluding hydrogens is 238 g/mol. The predicted molar refractivity (Wildman–Crippen MR) is 77.2 cm³/mol. The van der Waals surface area contributed by atoms with Crippen LogP contribution in [0.4, 0.5) is 0 Å². The highest BCUT2D eigenvalue weighted by Crippen LogP contribution is 2.12. The predicted octanol–water partition coefficient (Wildman–Crippen LogP) is 1.88. The van der Waals surface area contributed by atoms with E-state index in [1.54, 1.807) is 0 Å². The van der Waals surface area contributed by atoms with Crippen LogP contribution in [0.1, 0.15) is 37.2 Å². The molecule has 0 saturated carbocycles. The number of nitrogens with zero attached hydrogens (tertiary/aromatic N) is 2. The number of hydrogen-bond acceptors (Lipinski definition) is 2. The van der Waals surface area contributed by atoms with Gasteiger partial charge in [-0.2, -0.15) is 0 Å². The Labute approximate surface area is 115 Å². The summed E-state index contributed by atoms with van der Waals surface area (Å²) in [6.07, 6.45) is 4.32. The summed E-state index contributed by atoms with van der Waals surface area (Å²) in [6.45, 7) is 7.05. The van der Waals surface area contributed by atoms with Crippen molar-refractivity contribution >= 4 is 5.91 Å². The lowest BCUT2D eigenvalue weighted by Gasteiger charge is -2.27. The summed E-state index contributed by atoms with van der Waals surface area (Å²) >= 11 is 0. The zero-order chi connectivity index (χ0) is 13.8. The molecule has 2 rings (SSSR count). The van der Waals surface area contributed by atoms with E-state index >= 15 is 0 Å². The van der Waals surface area contributed by atoms with Crippen molar-refractivity contribution < 1.29 is 4.79 Å². The molecule has 19 heavy (non-hydrogen) atoms. The van der Waals surface area contributed by atoms with Gasteiger partial charge in [0, 0.05) is 32.4 Å². The molecule has 1 aliphatic rings. The molecule has 0 aromatic carbocycles. The van der Waals surface area contributed by atoms with E-state index in [1.807, 2.05) is 34.8 Å². The van der Waals surface area contributed by atoms with Crippen molar-refractivity contribution in [2.75, 3.05) is 19.6 Å². The zero-order valence-corrected chi connectivity index (χ0v) is 12.2. The molecule has 0 radical (unpaired) electrons. The van der Waals surface area contributed by atoms with E-state index in [2.05, 4.69) is 19.2 Å². The van der Waals surface area contributed by atoms with Crippen LogP contribution in [0.3, 0.4) is 0 Å². The van der Waals surface area contributed by atoms with Gasteiger partial charge in [0.25, 0.3) is 5.91 Å². The van der Waals surface area contributed by atoms with Crippen molar-refractivity contribution in [2.24, 2.45) is 13.0 Å². The lowest BCUT2D eigenvalue weighted by molar-refractivity contribution is 0.0711. The van der Waals surface area contributed by atoms with Crippen molar-refractivity contribution in [3.8, 4) is 0 Å². The van der Waals surface area contributed by atoms with Gasteiger partial charge in [-0.15, -0.1) is 0 Å². The number of carbonyl (C=O) groups is 1. The highest BCUT2D eigenvalue weighted by molar-refractivity contribution is 5.92. The molecule has 1 N–H and O–H groups in total. The monoisotopic (exact) mass is 263 g/mol. The van der Waals surface area contributed by atoms with Crippen LogP contribution < -0.4 is 5.32 Å². The van der Waals surface area contributed by atoms with E-state index in [0.29, 0.717) is 12.0 Å². The topological polar surface area (TPSA) is 37.3 Å². The lowest BCUT2D eigenvalue weighted by Crippen LogP contribution is -2.43. The van der Waals surface area contributed by atoms with E-state index < -0.39 is 0 Å². The smallest absolute Gasteiger partial charge is 0.270 e. The fourth-order valence-electron chi connectivity index (χ4n) is 2.71. The Bertz CT molecular complexity index is 419. The summed E-state index contributed by atoms with van der Waals surface area (Å²) in [4.78, 5) is 14.6. The molecule has 1 aromatic heterocycles. The first-order chi connectivity index (χ1) is 9.08. The van der Waals surface area contributed by atoms with Gasteiger partial charge >= 0.3 is 0 Å². The summed E-state index contributed by atoms with van der Waals surface area (Å²) < 4.78 is 1.90. The third-order valence-corrected chi connectivity index (χ3v) is 3.64. The Morgan fingerprint density at radius 2 is 2.37 bits per heavy atom. The van der Waals surface area contributed by atoms with Crippen LogP contribution in [0.2, 0.25) is 0 Å². The van der Waals surface area contributed by atoms with Gasteiger partial charge in [-0.3, -0.25) is 4.79 Å². The second kappa shape index (κ2) is 6.24. The third-order valence-electron chi connectivity index (χ3n) is 3.64. The van der Waals surface area contributed by atoms with Gasteiger partial charge in [-0.1, -0.05) is 13.8 Å². The van der Waals surface area contributed by atoms with E-state index in [9.17, 15) is 4.79 Å². The average Bonchev–Trinajstić information content (AvgIpc) is 2.98. The molecule has 1 amide bonds. The molecule has 0 aliphatic carbocycles. The minimum Gasteiger partial charge on any atom is -0.347 e. The van der Waals surface area contributed by atoms with Gasteiger partial charge < -0.3 is 14.8 Å². The molecule has 4 heteroatoms. The van der Waals surface area contributed by atoms with Gasteiger partial charge in [0.05, 0.1) is 0 Å². The summed E-state index contributed by atoms with van der Waals surface area (Å²) in [5.74, 6) is 0.639. The number of rotatable bonds is 5.